The van der Waals surface area contributed by atoms with Crippen molar-refractivity contribution in [3.8, 4) is 11.4 Å². The van der Waals surface area contributed by atoms with Crippen LogP contribution >= 0.6 is 0 Å². The highest BCUT2D eigenvalue weighted by Gasteiger charge is 2.75. The number of aromatic nitrogens is 5. The molecule has 3 fully saturated rings. The summed E-state index contributed by atoms with van der Waals surface area (Å²) < 4.78 is 0. The molecule has 8 nitrogen and oxygen atoms in total. The van der Waals surface area contributed by atoms with Crippen molar-refractivity contribution >= 4 is 11.9 Å². The topological polar surface area (TPSA) is 96.8 Å². The molecule has 6 rings (SSSR count). The zero-order chi connectivity index (χ0) is 22.0. The number of pyridine rings is 1. The lowest BCUT2D eigenvalue weighted by Crippen LogP contribution is -2.60. The Labute approximate surface area is 186 Å². The minimum absolute atomic E-state index is 0.0446. The fraction of sp³-hybridized carbons (Fsp3) is 0.417. The standard InChI is InChI=1S/C24H25N7O/c1-13-7-17(21-25-5-4-6-26-21)19(27-11-13)22(32)31-12-16-9-24(16)10-18(20(24)31)30-23-28-14(2)8-15(3)29-23/h4-8,11,16,18,20H,9-10,12H2,1-3H3,(H,28,29,30). The molecule has 1 saturated heterocycles. The van der Waals surface area contributed by atoms with E-state index in [-0.39, 0.29) is 23.4 Å². The molecule has 1 spiro atoms. The maximum atomic E-state index is 13.8. The predicted octanol–water partition coefficient (Wildman–Crippen LogP) is 2.97. The van der Waals surface area contributed by atoms with Crippen molar-refractivity contribution in [3.63, 3.8) is 0 Å². The van der Waals surface area contributed by atoms with Gasteiger partial charge in [-0.2, -0.15) is 0 Å². The molecule has 2 saturated carbocycles. The summed E-state index contributed by atoms with van der Waals surface area (Å²) in [5.41, 5.74) is 4.21. The van der Waals surface area contributed by atoms with Gasteiger partial charge in [0.05, 0.1) is 17.6 Å². The number of carbonyl (C=O) groups excluding carboxylic acids is 1. The van der Waals surface area contributed by atoms with E-state index < -0.39 is 0 Å². The van der Waals surface area contributed by atoms with Crippen molar-refractivity contribution < 1.29 is 4.79 Å². The van der Waals surface area contributed by atoms with E-state index in [1.807, 2.05) is 37.8 Å². The average molecular weight is 428 g/mol. The smallest absolute Gasteiger partial charge is 0.273 e. The maximum absolute atomic E-state index is 13.8. The molecule has 3 aromatic rings. The zero-order valence-corrected chi connectivity index (χ0v) is 18.4. The van der Waals surface area contributed by atoms with Crippen LogP contribution in [0.2, 0.25) is 0 Å². The lowest BCUT2D eigenvalue weighted by Gasteiger charge is -2.48. The van der Waals surface area contributed by atoms with Crippen LogP contribution in [0.5, 0.6) is 0 Å². The second kappa shape index (κ2) is 6.79. The molecule has 0 aromatic carbocycles. The monoisotopic (exact) mass is 427 g/mol. The first-order valence-electron chi connectivity index (χ1n) is 11.1. The molecule has 1 aliphatic heterocycles. The number of anilines is 1. The fourth-order valence-corrected chi connectivity index (χ4v) is 5.80. The lowest BCUT2D eigenvalue weighted by molar-refractivity contribution is 0.0466. The van der Waals surface area contributed by atoms with Gasteiger partial charge >= 0.3 is 0 Å². The predicted molar refractivity (Wildman–Crippen MR) is 119 cm³/mol. The average Bonchev–Trinajstić information content (AvgIpc) is 3.41. The zero-order valence-electron chi connectivity index (χ0n) is 18.4. The Hall–Kier alpha value is -3.42. The Morgan fingerprint density at radius 3 is 2.56 bits per heavy atom. The molecule has 0 radical (unpaired) electrons. The minimum Gasteiger partial charge on any atom is -0.349 e. The number of carbonyl (C=O) groups is 1. The van der Waals surface area contributed by atoms with Crippen LogP contribution in [0.4, 0.5) is 5.95 Å². The van der Waals surface area contributed by atoms with Crippen LogP contribution in [0.25, 0.3) is 11.4 Å². The minimum atomic E-state index is -0.0446. The second-order valence-electron chi connectivity index (χ2n) is 9.45. The van der Waals surface area contributed by atoms with E-state index in [0.29, 0.717) is 28.9 Å². The van der Waals surface area contributed by atoms with Gasteiger partial charge < -0.3 is 10.2 Å². The first kappa shape index (κ1) is 19.3. The third kappa shape index (κ3) is 2.89. The number of likely N-dealkylation sites (tertiary alicyclic amines) is 1. The van der Waals surface area contributed by atoms with E-state index in [9.17, 15) is 4.79 Å². The molecule has 4 atom stereocenters. The van der Waals surface area contributed by atoms with Gasteiger partial charge in [-0.15, -0.1) is 0 Å². The largest absolute Gasteiger partial charge is 0.349 e. The summed E-state index contributed by atoms with van der Waals surface area (Å²) in [4.78, 5) is 38.1. The molecule has 3 aromatic heterocycles. The van der Waals surface area contributed by atoms with Gasteiger partial charge in [0.2, 0.25) is 5.95 Å². The summed E-state index contributed by atoms with van der Waals surface area (Å²) >= 11 is 0. The molecule has 4 heterocycles. The van der Waals surface area contributed by atoms with Gasteiger partial charge in [-0.3, -0.25) is 9.78 Å². The van der Waals surface area contributed by atoms with E-state index >= 15 is 0 Å². The summed E-state index contributed by atoms with van der Waals surface area (Å²) in [5, 5.41) is 3.51. The van der Waals surface area contributed by atoms with Crippen LogP contribution in [0.1, 0.15) is 40.3 Å². The molecule has 3 aliphatic rings. The number of amides is 1. The van der Waals surface area contributed by atoms with Crippen molar-refractivity contribution in [2.24, 2.45) is 11.3 Å². The number of hydrogen-bond acceptors (Lipinski definition) is 7. The van der Waals surface area contributed by atoms with Crippen molar-refractivity contribution in [1.29, 1.82) is 0 Å². The normalized spacial score (nSPS) is 27.3. The highest BCUT2D eigenvalue weighted by Crippen LogP contribution is 2.71. The Morgan fingerprint density at radius 2 is 1.81 bits per heavy atom. The van der Waals surface area contributed by atoms with Crippen LogP contribution < -0.4 is 5.32 Å². The van der Waals surface area contributed by atoms with E-state index in [1.54, 1.807) is 24.7 Å². The van der Waals surface area contributed by atoms with E-state index in [1.165, 1.54) is 6.42 Å². The molecule has 1 amide bonds. The van der Waals surface area contributed by atoms with Crippen molar-refractivity contribution in [2.45, 2.75) is 45.7 Å². The molecule has 162 valence electrons. The molecule has 2 aliphatic carbocycles. The van der Waals surface area contributed by atoms with E-state index in [0.717, 1.165) is 29.9 Å². The van der Waals surface area contributed by atoms with E-state index in [4.69, 9.17) is 0 Å². The van der Waals surface area contributed by atoms with Crippen LogP contribution in [0.3, 0.4) is 0 Å². The number of aryl methyl sites for hydroxylation is 3. The molecular formula is C24H25N7O. The van der Waals surface area contributed by atoms with Gasteiger partial charge in [-0.1, -0.05) is 0 Å². The summed E-state index contributed by atoms with van der Waals surface area (Å²) in [6.07, 6.45) is 7.37. The Morgan fingerprint density at radius 1 is 1.06 bits per heavy atom. The molecule has 8 heteroatoms. The molecule has 32 heavy (non-hydrogen) atoms. The van der Waals surface area contributed by atoms with Gasteiger partial charge in [0.1, 0.15) is 5.69 Å². The SMILES string of the molecule is Cc1cnc(C(=O)N2CC3CC34CC(Nc3nc(C)cc(C)n3)C24)c(-c2ncccn2)c1. The Kier molecular flexibility index (Phi) is 4.09. The number of nitrogens with zero attached hydrogens (tertiary/aromatic N) is 6. The Bertz CT molecular complexity index is 1210. The number of hydrogen-bond donors (Lipinski definition) is 1. The van der Waals surface area contributed by atoms with Gasteiger partial charge in [-0.25, -0.2) is 19.9 Å². The third-order valence-electron chi connectivity index (χ3n) is 7.19. The maximum Gasteiger partial charge on any atom is 0.273 e. The first-order chi connectivity index (χ1) is 15.4. The summed E-state index contributed by atoms with van der Waals surface area (Å²) in [5.74, 6) is 1.71. The van der Waals surface area contributed by atoms with Gasteiger partial charge in [0.15, 0.2) is 5.82 Å². The number of rotatable bonds is 4. The van der Waals surface area contributed by atoms with Crippen molar-refractivity contribution in [3.05, 3.63) is 59.4 Å². The van der Waals surface area contributed by atoms with Crippen LogP contribution in [-0.2, 0) is 0 Å². The van der Waals surface area contributed by atoms with E-state index in [2.05, 4.69) is 30.2 Å². The van der Waals surface area contributed by atoms with Gasteiger partial charge in [-0.05, 0) is 68.7 Å². The molecular weight excluding hydrogens is 402 g/mol. The van der Waals surface area contributed by atoms with Crippen LogP contribution in [0, 0.1) is 32.1 Å². The lowest BCUT2D eigenvalue weighted by atomic mass is 9.71. The molecule has 0 bridgehead atoms. The highest BCUT2D eigenvalue weighted by molar-refractivity contribution is 5.99. The first-order valence-corrected chi connectivity index (χ1v) is 11.1. The fourth-order valence-electron chi connectivity index (χ4n) is 5.80. The number of nitrogens with one attached hydrogen (secondary N) is 1. The number of piperidine rings is 1. The molecule has 1 N–H and O–H groups in total. The van der Waals surface area contributed by atoms with Crippen LogP contribution in [0.15, 0.2) is 36.8 Å². The third-order valence-corrected chi connectivity index (χ3v) is 7.19. The Balaban J connectivity index is 1.31. The highest BCUT2D eigenvalue weighted by atomic mass is 16.2. The van der Waals surface area contributed by atoms with Crippen LogP contribution in [-0.4, -0.2) is 54.4 Å². The summed E-state index contributed by atoms with van der Waals surface area (Å²) in [6, 6.07) is 5.96. The van der Waals surface area contributed by atoms with Gasteiger partial charge in [0, 0.05) is 36.5 Å². The molecule has 4 unspecified atom stereocenters. The van der Waals surface area contributed by atoms with Crippen molar-refractivity contribution in [2.75, 3.05) is 11.9 Å². The summed E-state index contributed by atoms with van der Waals surface area (Å²) in [7, 11) is 0. The quantitative estimate of drug-likeness (QED) is 0.684. The summed E-state index contributed by atoms with van der Waals surface area (Å²) in [6.45, 7) is 6.69. The van der Waals surface area contributed by atoms with Crippen molar-refractivity contribution in [1.82, 2.24) is 29.8 Å². The second-order valence-corrected chi connectivity index (χ2v) is 9.45. The van der Waals surface area contributed by atoms with Gasteiger partial charge in [0.25, 0.3) is 5.91 Å².